The highest BCUT2D eigenvalue weighted by Gasteiger charge is 2.08. The summed E-state index contributed by atoms with van der Waals surface area (Å²) in [6, 6.07) is 19.3. The van der Waals surface area contributed by atoms with Crippen LogP contribution in [-0.4, -0.2) is 5.91 Å². The van der Waals surface area contributed by atoms with Crippen LogP contribution in [0.2, 0.25) is 0 Å². The van der Waals surface area contributed by atoms with Crippen LogP contribution in [0.4, 0.5) is 25.8 Å². The van der Waals surface area contributed by atoms with Crippen molar-refractivity contribution in [2.75, 3.05) is 10.6 Å². The van der Waals surface area contributed by atoms with E-state index in [0.29, 0.717) is 16.9 Å². The number of anilines is 3. The summed E-state index contributed by atoms with van der Waals surface area (Å²) in [6.45, 7) is 0. The second-order valence-electron chi connectivity index (χ2n) is 5.53. The molecule has 0 aliphatic heterocycles. The van der Waals surface area contributed by atoms with Crippen LogP contribution in [0.15, 0.2) is 72.8 Å². The first-order chi connectivity index (χ1) is 12.1. The van der Waals surface area contributed by atoms with Gasteiger partial charge in [0.15, 0.2) is 0 Å². The van der Waals surface area contributed by atoms with Crippen LogP contribution in [0.3, 0.4) is 0 Å². The average molecular weight is 338 g/mol. The summed E-state index contributed by atoms with van der Waals surface area (Å²) < 4.78 is 26.7. The van der Waals surface area contributed by atoms with Crippen molar-refractivity contribution in [3.05, 3.63) is 90.0 Å². The molecule has 3 aromatic rings. The van der Waals surface area contributed by atoms with Crippen molar-refractivity contribution in [3.8, 4) is 0 Å². The molecule has 0 aromatic heterocycles. The van der Waals surface area contributed by atoms with E-state index in [1.165, 1.54) is 18.2 Å². The van der Waals surface area contributed by atoms with E-state index in [0.717, 1.165) is 5.69 Å². The van der Waals surface area contributed by atoms with Crippen molar-refractivity contribution in [2.24, 2.45) is 0 Å². The molecule has 126 valence electrons. The van der Waals surface area contributed by atoms with Crippen molar-refractivity contribution >= 4 is 23.0 Å². The van der Waals surface area contributed by atoms with E-state index < -0.39 is 5.82 Å². The maximum Gasteiger partial charge on any atom is 0.228 e. The second kappa shape index (κ2) is 7.57. The summed E-state index contributed by atoms with van der Waals surface area (Å²) in [6.07, 6.45) is -0.0318. The molecule has 0 atom stereocenters. The lowest BCUT2D eigenvalue weighted by molar-refractivity contribution is -0.115. The van der Waals surface area contributed by atoms with Crippen molar-refractivity contribution in [1.29, 1.82) is 0 Å². The van der Waals surface area contributed by atoms with Gasteiger partial charge in [-0.1, -0.05) is 24.3 Å². The number of carbonyl (C=O) groups excluding carboxylic acids is 1. The Morgan fingerprint density at radius 1 is 0.800 bits per heavy atom. The number of halogens is 2. The lowest BCUT2D eigenvalue weighted by atomic mass is 10.1. The molecule has 0 aliphatic carbocycles. The van der Waals surface area contributed by atoms with Gasteiger partial charge in [-0.05, 0) is 54.1 Å². The van der Waals surface area contributed by atoms with Gasteiger partial charge in [0.2, 0.25) is 5.91 Å². The van der Waals surface area contributed by atoms with E-state index in [1.807, 2.05) is 0 Å². The molecule has 0 radical (unpaired) electrons. The monoisotopic (exact) mass is 338 g/mol. The zero-order valence-electron chi connectivity index (χ0n) is 13.3. The van der Waals surface area contributed by atoms with Gasteiger partial charge in [0.1, 0.15) is 11.6 Å². The maximum absolute atomic E-state index is 13.6. The fourth-order valence-electron chi connectivity index (χ4n) is 2.39. The topological polar surface area (TPSA) is 41.1 Å². The molecular formula is C20H16F2N2O. The van der Waals surface area contributed by atoms with Crippen LogP contribution in [-0.2, 0) is 11.2 Å². The van der Waals surface area contributed by atoms with Gasteiger partial charge >= 0.3 is 0 Å². The summed E-state index contributed by atoms with van der Waals surface area (Å²) in [5.41, 5.74) is 2.35. The van der Waals surface area contributed by atoms with Crippen LogP contribution in [0, 0.1) is 11.6 Å². The van der Waals surface area contributed by atoms with Crippen molar-refractivity contribution in [1.82, 2.24) is 0 Å². The zero-order chi connectivity index (χ0) is 17.6. The van der Waals surface area contributed by atoms with E-state index in [9.17, 15) is 13.6 Å². The summed E-state index contributed by atoms with van der Waals surface area (Å²) in [7, 11) is 0. The van der Waals surface area contributed by atoms with E-state index in [1.54, 1.807) is 54.6 Å². The molecule has 3 nitrogen and oxygen atoms in total. The molecule has 0 saturated heterocycles. The van der Waals surface area contributed by atoms with Crippen molar-refractivity contribution in [2.45, 2.75) is 6.42 Å². The number of rotatable bonds is 5. The minimum absolute atomic E-state index is 0.0318. The zero-order valence-corrected chi connectivity index (χ0v) is 13.3. The molecule has 0 fully saturated rings. The molecule has 0 unspecified atom stereocenters. The Labute approximate surface area is 144 Å². The fraction of sp³-hybridized carbons (Fsp3) is 0.0500. The molecule has 1 amide bonds. The molecular weight excluding hydrogens is 322 g/mol. The molecule has 0 bridgehead atoms. The van der Waals surface area contributed by atoms with Crippen molar-refractivity contribution < 1.29 is 13.6 Å². The predicted molar refractivity (Wildman–Crippen MR) is 94.9 cm³/mol. The van der Waals surface area contributed by atoms with Gasteiger partial charge in [0.05, 0.1) is 6.42 Å². The molecule has 0 aliphatic rings. The summed E-state index contributed by atoms with van der Waals surface area (Å²) in [5, 5.41) is 5.79. The Balaban J connectivity index is 1.60. The third kappa shape index (κ3) is 4.64. The van der Waals surface area contributed by atoms with Crippen molar-refractivity contribution in [3.63, 3.8) is 0 Å². The van der Waals surface area contributed by atoms with Crippen LogP contribution < -0.4 is 10.6 Å². The van der Waals surface area contributed by atoms with Gasteiger partial charge in [-0.3, -0.25) is 4.79 Å². The number of benzene rings is 3. The summed E-state index contributed by atoms with van der Waals surface area (Å²) in [5.74, 6) is -1.01. The highest BCUT2D eigenvalue weighted by atomic mass is 19.1. The van der Waals surface area contributed by atoms with Gasteiger partial charge in [-0.25, -0.2) is 8.78 Å². The lowest BCUT2D eigenvalue weighted by Crippen LogP contribution is -2.15. The highest BCUT2D eigenvalue weighted by Crippen LogP contribution is 2.20. The largest absolute Gasteiger partial charge is 0.355 e. The first-order valence-electron chi connectivity index (χ1n) is 7.76. The highest BCUT2D eigenvalue weighted by molar-refractivity contribution is 5.92. The first kappa shape index (κ1) is 16.6. The normalized spacial score (nSPS) is 10.3. The molecule has 3 rings (SSSR count). The quantitative estimate of drug-likeness (QED) is 0.695. The molecule has 0 spiro atoms. The number of nitrogens with one attached hydrogen (secondary N) is 2. The lowest BCUT2D eigenvalue weighted by Gasteiger charge is -2.09. The van der Waals surface area contributed by atoms with Gasteiger partial charge in [0.25, 0.3) is 0 Å². The van der Waals surface area contributed by atoms with E-state index in [4.69, 9.17) is 0 Å². The summed E-state index contributed by atoms with van der Waals surface area (Å²) in [4.78, 5) is 12.0. The SMILES string of the molecule is O=C(Cc1ccccc1F)Nc1ccc(Nc2cccc(F)c2)cc1. The van der Waals surface area contributed by atoms with Gasteiger partial charge in [0, 0.05) is 17.1 Å². The Kier molecular flexibility index (Phi) is 5.04. The third-order valence-electron chi connectivity index (χ3n) is 3.59. The van der Waals surface area contributed by atoms with Crippen LogP contribution >= 0.6 is 0 Å². The Hall–Kier alpha value is -3.21. The number of hydrogen-bond acceptors (Lipinski definition) is 2. The Bertz CT molecular complexity index is 879. The minimum atomic E-state index is -0.396. The van der Waals surface area contributed by atoms with E-state index >= 15 is 0 Å². The minimum Gasteiger partial charge on any atom is -0.355 e. The smallest absolute Gasteiger partial charge is 0.228 e. The fourth-order valence-corrected chi connectivity index (χ4v) is 2.39. The molecule has 2 N–H and O–H groups in total. The molecule has 25 heavy (non-hydrogen) atoms. The van der Waals surface area contributed by atoms with Crippen LogP contribution in [0.1, 0.15) is 5.56 Å². The standard InChI is InChI=1S/C20H16F2N2O/c21-15-5-3-6-18(13-15)23-16-8-10-17(11-9-16)24-20(25)12-14-4-1-2-7-19(14)22/h1-11,13,23H,12H2,(H,24,25). The third-order valence-corrected chi connectivity index (χ3v) is 3.59. The number of amides is 1. The second-order valence-corrected chi connectivity index (χ2v) is 5.53. The van der Waals surface area contributed by atoms with Gasteiger partial charge < -0.3 is 10.6 Å². The summed E-state index contributed by atoms with van der Waals surface area (Å²) >= 11 is 0. The van der Waals surface area contributed by atoms with Gasteiger partial charge in [-0.2, -0.15) is 0 Å². The Morgan fingerprint density at radius 3 is 2.24 bits per heavy atom. The molecule has 3 aromatic carbocycles. The van der Waals surface area contributed by atoms with Gasteiger partial charge in [-0.15, -0.1) is 0 Å². The first-order valence-corrected chi connectivity index (χ1v) is 7.76. The average Bonchev–Trinajstić information content (AvgIpc) is 2.59. The molecule has 0 saturated carbocycles. The number of carbonyl (C=O) groups is 1. The van der Waals surface area contributed by atoms with E-state index in [2.05, 4.69) is 10.6 Å². The van der Waals surface area contributed by atoms with E-state index in [-0.39, 0.29) is 18.1 Å². The Morgan fingerprint density at radius 2 is 1.52 bits per heavy atom. The molecule has 5 heteroatoms. The predicted octanol–water partition coefficient (Wildman–Crippen LogP) is 4.89. The number of hydrogen-bond donors (Lipinski definition) is 2. The van der Waals surface area contributed by atoms with Crippen LogP contribution in [0.5, 0.6) is 0 Å². The van der Waals surface area contributed by atoms with Crippen LogP contribution in [0.25, 0.3) is 0 Å². The maximum atomic E-state index is 13.6. The molecule has 0 heterocycles.